The number of rotatable bonds is 3. The molecule has 0 spiro atoms. The average molecular weight is 249 g/mol. The van der Waals surface area contributed by atoms with Crippen LogP contribution in [-0.2, 0) is 0 Å². The minimum atomic E-state index is 0.269. The third-order valence-electron chi connectivity index (χ3n) is 2.99. The largest absolute Gasteiger partial charge is 0.358 e. The summed E-state index contributed by atoms with van der Waals surface area (Å²) in [6.45, 7) is 4.35. The highest BCUT2D eigenvalue weighted by Crippen LogP contribution is 2.20. The molecule has 1 aromatic heterocycles. The van der Waals surface area contributed by atoms with E-state index in [9.17, 15) is 0 Å². The summed E-state index contributed by atoms with van der Waals surface area (Å²) in [6.07, 6.45) is 6.04. The molecule has 0 amide bonds. The number of aromatic nitrogens is 1. The summed E-state index contributed by atoms with van der Waals surface area (Å²) < 4.78 is 0. The van der Waals surface area contributed by atoms with Crippen LogP contribution in [0, 0.1) is 0 Å². The first kappa shape index (κ1) is 12.4. The molecular weight excluding hydrogens is 230 g/mol. The molecule has 0 saturated carbocycles. The average Bonchev–Trinajstić information content (AvgIpc) is 2.40. The third kappa shape index (κ3) is 3.46. The number of amidine groups is 1. The van der Waals surface area contributed by atoms with Crippen molar-refractivity contribution in [1.82, 2.24) is 10.3 Å². The van der Waals surface area contributed by atoms with Crippen molar-refractivity contribution >= 4 is 16.9 Å². The number of nitrogens with one attached hydrogen (secondary N) is 1. The maximum Gasteiger partial charge on any atom is 0.157 e. The second kappa shape index (κ2) is 6.05. The highest BCUT2D eigenvalue weighted by molar-refractivity contribution is 8.13. The van der Waals surface area contributed by atoms with Gasteiger partial charge < -0.3 is 5.32 Å². The molecule has 2 unspecified atom stereocenters. The molecule has 0 bridgehead atoms. The molecule has 3 nitrogen and oxygen atoms in total. The number of thioether (sulfide) groups is 1. The second-order valence-corrected chi connectivity index (χ2v) is 5.37. The fourth-order valence-electron chi connectivity index (χ4n) is 1.83. The highest BCUT2D eigenvalue weighted by atomic mass is 32.2. The van der Waals surface area contributed by atoms with Crippen LogP contribution in [0.4, 0.5) is 0 Å². The van der Waals surface area contributed by atoms with Gasteiger partial charge in [0.05, 0.1) is 12.1 Å². The predicted molar refractivity (Wildman–Crippen MR) is 74.4 cm³/mol. The van der Waals surface area contributed by atoms with Crippen LogP contribution in [0.25, 0.3) is 0 Å². The van der Waals surface area contributed by atoms with Crippen molar-refractivity contribution in [1.29, 1.82) is 0 Å². The molecule has 1 aromatic rings. The lowest BCUT2D eigenvalue weighted by Crippen LogP contribution is -2.29. The van der Waals surface area contributed by atoms with Crippen molar-refractivity contribution in [3.8, 4) is 0 Å². The Kier molecular flexibility index (Phi) is 4.42. The van der Waals surface area contributed by atoms with Crippen molar-refractivity contribution < 1.29 is 0 Å². The molecule has 1 aliphatic rings. The van der Waals surface area contributed by atoms with E-state index >= 15 is 0 Å². The molecule has 2 heterocycles. The van der Waals surface area contributed by atoms with E-state index in [1.165, 1.54) is 17.7 Å². The standard InChI is InChI=1S/C13H19N3S/c1-3-12-6-8-17-13(16-12)15-10(2)11-5-4-7-14-9-11/h4-5,7,9-10,12H,3,6,8H2,1-2H3,(H,15,16). The first-order valence-corrected chi connectivity index (χ1v) is 7.15. The lowest BCUT2D eigenvalue weighted by atomic mass is 10.1. The lowest BCUT2D eigenvalue weighted by Gasteiger charge is -2.22. The van der Waals surface area contributed by atoms with Gasteiger partial charge in [-0.05, 0) is 31.4 Å². The molecule has 0 radical (unpaired) electrons. The molecule has 1 aliphatic heterocycles. The molecule has 0 aliphatic carbocycles. The van der Waals surface area contributed by atoms with Crippen LogP contribution in [0.15, 0.2) is 29.5 Å². The Hall–Kier alpha value is -1.03. The molecule has 17 heavy (non-hydrogen) atoms. The van der Waals surface area contributed by atoms with E-state index in [-0.39, 0.29) is 6.04 Å². The molecule has 1 N–H and O–H groups in total. The Balaban J connectivity index is 1.99. The molecule has 2 rings (SSSR count). The van der Waals surface area contributed by atoms with Crippen LogP contribution >= 0.6 is 11.8 Å². The van der Waals surface area contributed by atoms with Gasteiger partial charge in [-0.3, -0.25) is 9.98 Å². The Morgan fingerprint density at radius 1 is 1.59 bits per heavy atom. The number of hydrogen-bond acceptors (Lipinski definition) is 4. The fourth-order valence-corrected chi connectivity index (χ4v) is 2.90. The van der Waals surface area contributed by atoms with Gasteiger partial charge in [-0.25, -0.2) is 0 Å². The number of nitrogens with zero attached hydrogens (tertiary/aromatic N) is 2. The molecule has 4 heteroatoms. The first-order chi connectivity index (χ1) is 8.29. The summed E-state index contributed by atoms with van der Waals surface area (Å²) in [4.78, 5) is 8.86. The Morgan fingerprint density at radius 2 is 2.47 bits per heavy atom. The number of aliphatic imine (C=N–C) groups is 1. The molecule has 2 atom stereocenters. The smallest absolute Gasteiger partial charge is 0.157 e. The zero-order chi connectivity index (χ0) is 12.1. The first-order valence-electron chi connectivity index (χ1n) is 6.16. The zero-order valence-electron chi connectivity index (χ0n) is 10.4. The normalized spacial score (nSPS) is 21.8. The zero-order valence-corrected chi connectivity index (χ0v) is 11.2. The summed E-state index contributed by atoms with van der Waals surface area (Å²) >= 11 is 1.82. The van der Waals surface area contributed by atoms with E-state index in [1.54, 1.807) is 6.20 Å². The Labute approximate surface area is 107 Å². The van der Waals surface area contributed by atoms with Crippen LogP contribution in [0.2, 0.25) is 0 Å². The fraction of sp³-hybridized carbons (Fsp3) is 0.538. The SMILES string of the molecule is CCC1CCSC(NC(C)c2cccnc2)=N1. The van der Waals surface area contributed by atoms with Crippen LogP contribution in [-0.4, -0.2) is 21.9 Å². The maximum atomic E-state index is 4.71. The highest BCUT2D eigenvalue weighted by Gasteiger charge is 2.15. The third-order valence-corrected chi connectivity index (χ3v) is 3.92. The maximum absolute atomic E-state index is 4.71. The van der Waals surface area contributed by atoms with Gasteiger partial charge >= 0.3 is 0 Å². The predicted octanol–water partition coefficient (Wildman–Crippen LogP) is 3.00. The lowest BCUT2D eigenvalue weighted by molar-refractivity contribution is 0.622. The van der Waals surface area contributed by atoms with Crippen molar-refractivity contribution in [3.05, 3.63) is 30.1 Å². The monoisotopic (exact) mass is 249 g/mol. The number of hydrogen-bond donors (Lipinski definition) is 1. The van der Waals surface area contributed by atoms with E-state index in [0.29, 0.717) is 6.04 Å². The Bertz CT molecular complexity index is 378. The van der Waals surface area contributed by atoms with Crippen molar-refractivity contribution in [2.24, 2.45) is 4.99 Å². The van der Waals surface area contributed by atoms with Gasteiger partial charge in [0, 0.05) is 18.1 Å². The van der Waals surface area contributed by atoms with E-state index < -0.39 is 0 Å². The second-order valence-electron chi connectivity index (χ2n) is 4.29. The summed E-state index contributed by atoms with van der Waals surface area (Å²) in [5.74, 6) is 1.17. The van der Waals surface area contributed by atoms with Crippen LogP contribution < -0.4 is 5.32 Å². The van der Waals surface area contributed by atoms with Crippen molar-refractivity contribution in [3.63, 3.8) is 0 Å². The van der Waals surface area contributed by atoms with Crippen molar-refractivity contribution in [2.45, 2.75) is 38.8 Å². The van der Waals surface area contributed by atoms with Gasteiger partial charge in [0.2, 0.25) is 0 Å². The minimum absolute atomic E-state index is 0.269. The Morgan fingerprint density at radius 3 is 3.18 bits per heavy atom. The summed E-state index contributed by atoms with van der Waals surface area (Å²) in [6, 6.07) is 4.83. The molecule has 92 valence electrons. The molecular formula is C13H19N3S. The van der Waals surface area contributed by atoms with E-state index in [1.807, 2.05) is 24.0 Å². The summed E-state index contributed by atoms with van der Waals surface area (Å²) in [5, 5.41) is 4.56. The van der Waals surface area contributed by atoms with E-state index in [2.05, 4.69) is 30.2 Å². The van der Waals surface area contributed by atoms with Gasteiger partial charge in [0.25, 0.3) is 0 Å². The van der Waals surface area contributed by atoms with Gasteiger partial charge in [0.15, 0.2) is 5.17 Å². The van der Waals surface area contributed by atoms with Gasteiger partial charge in [-0.1, -0.05) is 24.8 Å². The van der Waals surface area contributed by atoms with E-state index in [0.717, 1.165) is 11.6 Å². The van der Waals surface area contributed by atoms with Gasteiger partial charge in [0.1, 0.15) is 0 Å². The number of pyridine rings is 1. The van der Waals surface area contributed by atoms with Crippen LogP contribution in [0.5, 0.6) is 0 Å². The van der Waals surface area contributed by atoms with Crippen molar-refractivity contribution in [2.75, 3.05) is 5.75 Å². The van der Waals surface area contributed by atoms with Gasteiger partial charge in [-0.2, -0.15) is 0 Å². The summed E-state index contributed by atoms with van der Waals surface area (Å²) in [7, 11) is 0. The molecule has 0 aromatic carbocycles. The topological polar surface area (TPSA) is 37.3 Å². The van der Waals surface area contributed by atoms with Crippen LogP contribution in [0.3, 0.4) is 0 Å². The van der Waals surface area contributed by atoms with Gasteiger partial charge in [-0.15, -0.1) is 0 Å². The quantitative estimate of drug-likeness (QED) is 0.894. The van der Waals surface area contributed by atoms with E-state index in [4.69, 9.17) is 4.99 Å². The summed E-state index contributed by atoms with van der Waals surface area (Å²) in [5.41, 5.74) is 1.20. The minimum Gasteiger partial charge on any atom is -0.358 e. The molecule has 0 saturated heterocycles. The molecule has 0 fully saturated rings. The van der Waals surface area contributed by atoms with Crippen LogP contribution in [0.1, 0.15) is 38.3 Å².